The zero-order chi connectivity index (χ0) is 23.4. The van der Waals surface area contributed by atoms with Gasteiger partial charge in [-0.15, -0.1) is 0 Å². The summed E-state index contributed by atoms with van der Waals surface area (Å²) in [6.45, 7) is 5.16. The molecule has 2 aliphatic rings. The van der Waals surface area contributed by atoms with Crippen LogP contribution in [0.2, 0.25) is 0 Å². The van der Waals surface area contributed by atoms with E-state index in [2.05, 4.69) is 5.32 Å². The minimum atomic E-state index is -0.507. The van der Waals surface area contributed by atoms with Gasteiger partial charge in [-0.3, -0.25) is 14.4 Å². The van der Waals surface area contributed by atoms with Crippen LogP contribution in [0.25, 0.3) is 0 Å². The number of carbonyl (C=O) groups is 3. The van der Waals surface area contributed by atoms with E-state index < -0.39 is 6.04 Å². The number of benzene rings is 2. The van der Waals surface area contributed by atoms with E-state index in [4.69, 9.17) is 0 Å². The molecule has 1 N–H and O–H groups in total. The Hall–Kier alpha value is -3.15. The molecule has 0 aromatic heterocycles. The molecule has 174 valence electrons. The number of hydrogen-bond acceptors (Lipinski definition) is 3. The highest BCUT2D eigenvalue weighted by Crippen LogP contribution is 2.40. The van der Waals surface area contributed by atoms with E-state index in [1.165, 1.54) is 0 Å². The van der Waals surface area contributed by atoms with Gasteiger partial charge in [-0.05, 0) is 69.4 Å². The molecular weight excluding hydrogens is 414 g/mol. The molecule has 4 rings (SSSR count). The highest BCUT2D eigenvalue weighted by atomic mass is 16.2. The smallest absolute Gasteiger partial charge is 0.254 e. The van der Waals surface area contributed by atoms with E-state index in [1.54, 1.807) is 29.2 Å². The second-order valence-electron chi connectivity index (χ2n) is 8.99. The summed E-state index contributed by atoms with van der Waals surface area (Å²) in [7, 11) is 0. The van der Waals surface area contributed by atoms with Gasteiger partial charge in [0.2, 0.25) is 5.91 Å². The Morgan fingerprint density at radius 3 is 2.36 bits per heavy atom. The number of likely N-dealkylation sites (tertiary alicyclic amines) is 1. The van der Waals surface area contributed by atoms with E-state index in [-0.39, 0.29) is 23.8 Å². The normalized spacial score (nSPS) is 21.9. The standard InChI is InChI=1S/C27H33N3O3/c1-3-29(4-2)26(32)21-14-10-15-22(17-21)28-25(31)24-18-20-13-8-9-16-23(20)30(24)27(33)19-11-6-5-7-12-19/h5-7,10-12,14-15,17,20,23-24H,3-4,8-9,13,16,18H2,1-2H3,(H,28,31). The molecule has 1 aliphatic carbocycles. The molecule has 1 saturated heterocycles. The van der Waals surface area contributed by atoms with Crippen LogP contribution < -0.4 is 5.32 Å². The zero-order valence-corrected chi connectivity index (χ0v) is 19.5. The number of fused-ring (bicyclic) bond motifs is 1. The molecule has 3 atom stereocenters. The van der Waals surface area contributed by atoms with Crippen LogP contribution >= 0.6 is 0 Å². The van der Waals surface area contributed by atoms with E-state index in [0.717, 1.165) is 25.7 Å². The van der Waals surface area contributed by atoms with Crippen LogP contribution in [0, 0.1) is 5.92 Å². The molecule has 1 heterocycles. The number of carbonyl (C=O) groups excluding carboxylic acids is 3. The predicted octanol–water partition coefficient (Wildman–Crippen LogP) is 4.58. The average Bonchev–Trinajstić information content (AvgIpc) is 3.25. The Morgan fingerprint density at radius 1 is 0.939 bits per heavy atom. The summed E-state index contributed by atoms with van der Waals surface area (Å²) in [6, 6.07) is 15.9. The summed E-state index contributed by atoms with van der Waals surface area (Å²) < 4.78 is 0. The third-order valence-electron chi connectivity index (χ3n) is 7.07. The third-order valence-corrected chi connectivity index (χ3v) is 7.07. The van der Waals surface area contributed by atoms with Crippen molar-refractivity contribution in [1.29, 1.82) is 0 Å². The van der Waals surface area contributed by atoms with Crippen molar-refractivity contribution in [3.05, 3.63) is 65.7 Å². The fourth-order valence-electron chi connectivity index (χ4n) is 5.36. The maximum Gasteiger partial charge on any atom is 0.254 e. The van der Waals surface area contributed by atoms with Gasteiger partial charge < -0.3 is 15.1 Å². The van der Waals surface area contributed by atoms with Crippen LogP contribution in [0.3, 0.4) is 0 Å². The molecule has 2 aromatic carbocycles. The lowest BCUT2D eigenvalue weighted by Gasteiger charge is -2.33. The molecule has 2 aromatic rings. The predicted molar refractivity (Wildman–Crippen MR) is 129 cm³/mol. The van der Waals surface area contributed by atoms with Crippen LogP contribution in [0.1, 0.15) is 66.7 Å². The fraction of sp³-hybridized carbons (Fsp3) is 0.444. The average molecular weight is 448 g/mol. The van der Waals surface area contributed by atoms with E-state index in [0.29, 0.717) is 42.2 Å². The van der Waals surface area contributed by atoms with Gasteiger partial charge in [-0.2, -0.15) is 0 Å². The summed E-state index contributed by atoms with van der Waals surface area (Å²) in [5.74, 6) is 0.0540. The maximum atomic E-state index is 13.4. The first-order chi connectivity index (χ1) is 16.0. The molecule has 0 spiro atoms. The molecule has 1 saturated carbocycles. The van der Waals surface area contributed by atoms with Crippen LogP contribution in [0.15, 0.2) is 54.6 Å². The first-order valence-corrected chi connectivity index (χ1v) is 12.1. The highest BCUT2D eigenvalue weighted by molar-refractivity contribution is 6.02. The topological polar surface area (TPSA) is 69.7 Å². The van der Waals surface area contributed by atoms with Crippen molar-refractivity contribution < 1.29 is 14.4 Å². The SMILES string of the molecule is CCN(CC)C(=O)c1cccc(NC(=O)C2CC3CCCCC3N2C(=O)c2ccccc2)c1. The third kappa shape index (κ3) is 4.80. The lowest BCUT2D eigenvalue weighted by molar-refractivity contribution is -0.120. The Bertz CT molecular complexity index is 1000. The summed E-state index contributed by atoms with van der Waals surface area (Å²) in [6.07, 6.45) is 4.93. The van der Waals surface area contributed by atoms with Crippen molar-refractivity contribution in [2.45, 2.75) is 58.0 Å². The molecule has 1 aliphatic heterocycles. The largest absolute Gasteiger partial charge is 0.339 e. The number of amides is 3. The van der Waals surface area contributed by atoms with E-state index in [9.17, 15) is 14.4 Å². The van der Waals surface area contributed by atoms with Crippen LogP contribution in [0.5, 0.6) is 0 Å². The molecule has 33 heavy (non-hydrogen) atoms. The second-order valence-corrected chi connectivity index (χ2v) is 8.99. The molecular formula is C27H33N3O3. The fourth-order valence-corrected chi connectivity index (χ4v) is 5.36. The molecule has 2 fully saturated rings. The Labute approximate surface area is 196 Å². The molecule has 0 bridgehead atoms. The lowest BCUT2D eigenvalue weighted by atomic mass is 9.84. The number of rotatable bonds is 6. The number of nitrogens with zero attached hydrogens (tertiary/aromatic N) is 2. The van der Waals surface area contributed by atoms with Gasteiger partial charge in [-0.25, -0.2) is 0 Å². The van der Waals surface area contributed by atoms with Gasteiger partial charge in [-0.1, -0.05) is 37.1 Å². The summed E-state index contributed by atoms with van der Waals surface area (Å²) >= 11 is 0. The quantitative estimate of drug-likeness (QED) is 0.705. The molecule has 6 heteroatoms. The Morgan fingerprint density at radius 2 is 1.64 bits per heavy atom. The van der Waals surface area contributed by atoms with Crippen molar-refractivity contribution in [3.63, 3.8) is 0 Å². The second kappa shape index (κ2) is 10.2. The van der Waals surface area contributed by atoms with E-state index in [1.807, 2.05) is 49.1 Å². The van der Waals surface area contributed by atoms with Crippen molar-refractivity contribution in [1.82, 2.24) is 9.80 Å². The van der Waals surface area contributed by atoms with Crippen LogP contribution in [0.4, 0.5) is 5.69 Å². The first kappa shape index (κ1) is 23.0. The summed E-state index contributed by atoms with van der Waals surface area (Å²) in [4.78, 5) is 43.2. The monoisotopic (exact) mass is 447 g/mol. The maximum absolute atomic E-state index is 13.4. The molecule has 3 unspecified atom stereocenters. The van der Waals surface area contributed by atoms with Gasteiger partial charge in [0.1, 0.15) is 6.04 Å². The van der Waals surface area contributed by atoms with E-state index >= 15 is 0 Å². The van der Waals surface area contributed by atoms with Gasteiger partial charge in [0.15, 0.2) is 0 Å². The Balaban J connectivity index is 1.56. The minimum absolute atomic E-state index is 0.0520. The Kier molecular flexibility index (Phi) is 7.11. The molecule has 6 nitrogen and oxygen atoms in total. The minimum Gasteiger partial charge on any atom is -0.339 e. The molecule has 0 radical (unpaired) electrons. The van der Waals surface area contributed by atoms with Crippen molar-refractivity contribution in [2.24, 2.45) is 5.92 Å². The van der Waals surface area contributed by atoms with Gasteiger partial charge in [0.25, 0.3) is 11.8 Å². The van der Waals surface area contributed by atoms with Gasteiger partial charge >= 0.3 is 0 Å². The summed E-state index contributed by atoms with van der Waals surface area (Å²) in [5.41, 5.74) is 1.75. The molecule has 3 amide bonds. The first-order valence-electron chi connectivity index (χ1n) is 12.1. The number of anilines is 1. The van der Waals surface area contributed by atoms with Crippen LogP contribution in [-0.4, -0.2) is 52.7 Å². The van der Waals surface area contributed by atoms with Gasteiger partial charge in [0, 0.05) is 35.9 Å². The zero-order valence-electron chi connectivity index (χ0n) is 19.5. The number of nitrogens with one attached hydrogen (secondary N) is 1. The van der Waals surface area contributed by atoms with Crippen molar-refractivity contribution >= 4 is 23.4 Å². The lowest BCUT2D eigenvalue weighted by Crippen LogP contribution is -2.47. The van der Waals surface area contributed by atoms with Gasteiger partial charge in [0.05, 0.1) is 0 Å². The summed E-state index contributed by atoms with van der Waals surface area (Å²) in [5, 5.41) is 3.00. The van der Waals surface area contributed by atoms with Crippen LogP contribution in [-0.2, 0) is 4.79 Å². The number of hydrogen-bond donors (Lipinski definition) is 1. The highest BCUT2D eigenvalue weighted by Gasteiger charge is 2.47. The van der Waals surface area contributed by atoms with Crippen molar-refractivity contribution in [2.75, 3.05) is 18.4 Å². The van der Waals surface area contributed by atoms with Crippen molar-refractivity contribution in [3.8, 4) is 0 Å².